The molecule has 1 amide bonds. The third kappa shape index (κ3) is 3.30. The van der Waals surface area contributed by atoms with Crippen molar-refractivity contribution in [3.63, 3.8) is 0 Å². The van der Waals surface area contributed by atoms with Gasteiger partial charge in [0.1, 0.15) is 0 Å². The van der Waals surface area contributed by atoms with Gasteiger partial charge in [-0.05, 0) is 18.6 Å². The van der Waals surface area contributed by atoms with Gasteiger partial charge in [-0.2, -0.15) is 0 Å². The second-order valence-corrected chi connectivity index (χ2v) is 6.12. The summed E-state index contributed by atoms with van der Waals surface area (Å²) in [5, 5.41) is 5.76. The largest absolute Gasteiger partial charge is 0.461 e. The lowest BCUT2D eigenvalue weighted by Gasteiger charge is -2.01. The van der Waals surface area contributed by atoms with E-state index >= 15 is 0 Å². The van der Waals surface area contributed by atoms with E-state index in [9.17, 15) is 9.59 Å². The Hall–Kier alpha value is -2.67. The van der Waals surface area contributed by atoms with Crippen LogP contribution in [0.3, 0.4) is 0 Å². The number of aromatic nitrogens is 2. The number of carbonyl (C=O) groups is 2. The van der Waals surface area contributed by atoms with Crippen LogP contribution < -0.4 is 5.32 Å². The van der Waals surface area contributed by atoms with E-state index < -0.39 is 5.97 Å². The quantitative estimate of drug-likeness (QED) is 0.723. The standard InChI is InChI=1S/C17H17N3O3S/c1-3-23-16(22)13-10-24-17(18-13)19-15(21)8-11-9-20(2)14-7-5-4-6-12(11)14/h4-7,9-10H,3,8H2,1-2H3,(H,18,19,21). The lowest BCUT2D eigenvalue weighted by Crippen LogP contribution is -2.14. The van der Waals surface area contributed by atoms with Crippen LogP contribution in [0.5, 0.6) is 0 Å². The Morgan fingerprint density at radius 3 is 2.92 bits per heavy atom. The van der Waals surface area contributed by atoms with Crippen molar-refractivity contribution in [2.24, 2.45) is 7.05 Å². The van der Waals surface area contributed by atoms with Crippen molar-refractivity contribution in [2.45, 2.75) is 13.3 Å². The molecule has 24 heavy (non-hydrogen) atoms. The minimum atomic E-state index is -0.483. The summed E-state index contributed by atoms with van der Waals surface area (Å²) in [5.41, 5.74) is 2.24. The molecule has 3 rings (SSSR count). The van der Waals surface area contributed by atoms with Crippen molar-refractivity contribution in [1.82, 2.24) is 9.55 Å². The first-order valence-corrected chi connectivity index (χ1v) is 8.42. The summed E-state index contributed by atoms with van der Waals surface area (Å²) >= 11 is 1.20. The second-order valence-electron chi connectivity index (χ2n) is 5.27. The van der Waals surface area contributed by atoms with Gasteiger partial charge in [-0.1, -0.05) is 18.2 Å². The number of anilines is 1. The number of nitrogens with one attached hydrogen (secondary N) is 1. The molecule has 1 aromatic carbocycles. The van der Waals surface area contributed by atoms with Gasteiger partial charge in [-0.3, -0.25) is 4.79 Å². The van der Waals surface area contributed by atoms with Gasteiger partial charge in [0.2, 0.25) is 5.91 Å². The zero-order chi connectivity index (χ0) is 17.1. The molecular weight excluding hydrogens is 326 g/mol. The van der Waals surface area contributed by atoms with Crippen LogP contribution >= 0.6 is 11.3 Å². The maximum Gasteiger partial charge on any atom is 0.357 e. The molecule has 0 saturated heterocycles. The molecule has 1 N–H and O–H groups in total. The molecular formula is C17H17N3O3S. The topological polar surface area (TPSA) is 73.2 Å². The number of fused-ring (bicyclic) bond motifs is 1. The number of aryl methyl sites for hydroxylation is 1. The smallest absolute Gasteiger partial charge is 0.357 e. The van der Waals surface area contributed by atoms with E-state index in [4.69, 9.17) is 4.74 Å². The molecule has 0 bridgehead atoms. The number of hydrogen-bond acceptors (Lipinski definition) is 5. The minimum Gasteiger partial charge on any atom is -0.461 e. The van der Waals surface area contributed by atoms with Crippen molar-refractivity contribution < 1.29 is 14.3 Å². The molecule has 0 spiro atoms. The number of esters is 1. The molecule has 3 aromatic rings. The van der Waals surface area contributed by atoms with Crippen molar-refractivity contribution in [1.29, 1.82) is 0 Å². The van der Waals surface area contributed by atoms with Gasteiger partial charge in [-0.15, -0.1) is 11.3 Å². The fraction of sp³-hybridized carbons (Fsp3) is 0.235. The number of nitrogens with zero attached hydrogens (tertiary/aromatic N) is 2. The molecule has 0 fully saturated rings. The van der Waals surface area contributed by atoms with Crippen molar-refractivity contribution in [3.8, 4) is 0 Å². The van der Waals surface area contributed by atoms with Crippen LogP contribution in [0, 0.1) is 0 Å². The second kappa shape index (κ2) is 6.84. The monoisotopic (exact) mass is 343 g/mol. The number of ether oxygens (including phenoxy) is 1. The minimum absolute atomic E-state index is 0.170. The Balaban J connectivity index is 1.70. The van der Waals surface area contributed by atoms with Crippen molar-refractivity contribution in [2.75, 3.05) is 11.9 Å². The predicted octanol–water partition coefficient (Wildman–Crippen LogP) is 2.99. The first kappa shape index (κ1) is 16.2. The third-order valence-corrected chi connectivity index (χ3v) is 4.32. The fourth-order valence-electron chi connectivity index (χ4n) is 2.53. The summed E-state index contributed by atoms with van der Waals surface area (Å²) in [6.07, 6.45) is 2.20. The molecule has 6 nitrogen and oxygen atoms in total. The molecule has 0 unspecified atom stereocenters. The van der Waals surface area contributed by atoms with E-state index in [1.807, 2.05) is 42.1 Å². The van der Waals surface area contributed by atoms with Crippen LogP contribution in [-0.2, 0) is 23.0 Å². The van der Waals surface area contributed by atoms with E-state index in [0.29, 0.717) is 11.7 Å². The van der Waals surface area contributed by atoms with Gasteiger partial charge >= 0.3 is 5.97 Å². The number of thiazole rings is 1. The van der Waals surface area contributed by atoms with Gasteiger partial charge in [0.15, 0.2) is 10.8 Å². The lowest BCUT2D eigenvalue weighted by atomic mass is 10.1. The van der Waals surface area contributed by atoms with E-state index in [1.54, 1.807) is 12.3 Å². The van der Waals surface area contributed by atoms with Gasteiger partial charge in [0, 0.05) is 29.5 Å². The van der Waals surface area contributed by atoms with Crippen molar-refractivity contribution >= 4 is 39.2 Å². The highest BCUT2D eigenvalue weighted by atomic mass is 32.1. The molecule has 0 atom stereocenters. The molecule has 124 valence electrons. The molecule has 0 aliphatic carbocycles. The van der Waals surface area contributed by atoms with Crippen LogP contribution in [0.15, 0.2) is 35.8 Å². The van der Waals surface area contributed by atoms with Gasteiger partial charge in [0.05, 0.1) is 13.0 Å². The Labute approximate surface area is 143 Å². The summed E-state index contributed by atoms with van der Waals surface area (Å²) < 4.78 is 6.88. The molecule has 0 aliphatic heterocycles. The normalized spacial score (nSPS) is 10.8. The lowest BCUT2D eigenvalue weighted by molar-refractivity contribution is -0.115. The summed E-state index contributed by atoms with van der Waals surface area (Å²) in [4.78, 5) is 27.9. The molecule has 0 radical (unpaired) electrons. The molecule has 2 heterocycles. The number of hydrogen-bond donors (Lipinski definition) is 1. The Kier molecular flexibility index (Phi) is 4.61. The fourth-order valence-corrected chi connectivity index (χ4v) is 3.23. The Morgan fingerprint density at radius 2 is 2.12 bits per heavy atom. The van der Waals surface area contributed by atoms with Crippen LogP contribution in [0.1, 0.15) is 23.0 Å². The number of rotatable bonds is 5. The average molecular weight is 343 g/mol. The third-order valence-electron chi connectivity index (χ3n) is 3.57. The highest BCUT2D eigenvalue weighted by Crippen LogP contribution is 2.22. The first-order valence-electron chi connectivity index (χ1n) is 7.54. The van der Waals surface area contributed by atoms with E-state index in [1.165, 1.54) is 11.3 Å². The Bertz CT molecular complexity index is 898. The molecule has 0 aliphatic rings. The highest BCUT2D eigenvalue weighted by Gasteiger charge is 2.15. The van der Waals surface area contributed by atoms with Crippen molar-refractivity contribution in [3.05, 3.63) is 47.1 Å². The molecule has 0 saturated carbocycles. The average Bonchev–Trinajstić information content (AvgIpc) is 3.14. The van der Waals surface area contributed by atoms with Crippen LogP contribution in [0.4, 0.5) is 5.13 Å². The number of benzene rings is 1. The summed E-state index contributed by atoms with van der Waals surface area (Å²) in [6, 6.07) is 7.94. The number of amides is 1. The van der Waals surface area contributed by atoms with Crippen LogP contribution in [0.25, 0.3) is 10.9 Å². The molecule has 2 aromatic heterocycles. The predicted molar refractivity (Wildman–Crippen MR) is 93.3 cm³/mol. The summed E-state index contributed by atoms with van der Waals surface area (Å²) in [6.45, 7) is 2.02. The number of para-hydroxylation sites is 1. The zero-order valence-corrected chi connectivity index (χ0v) is 14.2. The summed E-state index contributed by atoms with van der Waals surface area (Å²) in [5.74, 6) is -0.653. The van der Waals surface area contributed by atoms with Gasteiger partial charge in [-0.25, -0.2) is 9.78 Å². The number of carbonyl (C=O) groups excluding carboxylic acids is 2. The van der Waals surface area contributed by atoms with Gasteiger partial charge < -0.3 is 14.6 Å². The van der Waals surface area contributed by atoms with Gasteiger partial charge in [0.25, 0.3) is 0 Å². The van der Waals surface area contributed by atoms with Crippen LogP contribution in [-0.4, -0.2) is 28.0 Å². The Morgan fingerprint density at radius 1 is 1.33 bits per heavy atom. The maximum absolute atomic E-state index is 12.3. The summed E-state index contributed by atoms with van der Waals surface area (Å²) in [7, 11) is 1.95. The molecule has 7 heteroatoms. The maximum atomic E-state index is 12.3. The zero-order valence-electron chi connectivity index (χ0n) is 13.4. The van der Waals surface area contributed by atoms with E-state index in [2.05, 4.69) is 10.3 Å². The van der Waals surface area contributed by atoms with E-state index in [0.717, 1.165) is 16.5 Å². The van der Waals surface area contributed by atoms with E-state index in [-0.39, 0.29) is 18.0 Å². The first-order chi connectivity index (χ1) is 11.6. The SMILES string of the molecule is CCOC(=O)c1csc(NC(=O)Cc2cn(C)c3ccccc23)n1. The highest BCUT2D eigenvalue weighted by molar-refractivity contribution is 7.14. The van der Waals surface area contributed by atoms with Crippen LogP contribution in [0.2, 0.25) is 0 Å².